The topological polar surface area (TPSA) is 72.9 Å². The number of amides is 1. The zero-order chi connectivity index (χ0) is 13.0. The fourth-order valence-electron chi connectivity index (χ4n) is 1.82. The summed E-state index contributed by atoms with van der Waals surface area (Å²) in [6, 6.07) is -0.433. The third-order valence-electron chi connectivity index (χ3n) is 2.98. The molecule has 1 atom stereocenters. The summed E-state index contributed by atoms with van der Waals surface area (Å²) >= 11 is 0. The molecule has 0 bridgehead atoms. The highest BCUT2D eigenvalue weighted by Crippen LogP contribution is 2.13. The van der Waals surface area contributed by atoms with Crippen molar-refractivity contribution in [2.45, 2.75) is 39.7 Å². The van der Waals surface area contributed by atoms with Crippen LogP contribution < -0.4 is 11.1 Å². The molecule has 1 rings (SSSR count). The van der Waals surface area contributed by atoms with Gasteiger partial charge in [-0.05, 0) is 39.2 Å². The van der Waals surface area contributed by atoms with Gasteiger partial charge in [0.1, 0.15) is 0 Å². The summed E-state index contributed by atoms with van der Waals surface area (Å²) < 4.78 is 1.89. The van der Waals surface area contributed by atoms with Crippen molar-refractivity contribution in [1.29, 1.82) is 0 Å². The number of nitrogens with two attached hydrogens (primary N) is 1. The first-order chi connectivity index (χ1) is 7.93. The van der Waals surface area contributed by atoms with Gasteiger partial charge >= 0.3 is 0 Å². The van der Waals surface area contributed by atoms with Gasteiger partial charge in [0.2, 0.25) is 5.91 Å². The second kappa shape index (κ2) is 5.82. The van der Waals surface area contributed by atoms with Crippen LogP contribution >= 0.6 is 0 Å². The number of aromatic nitrogens is 2. The van der Waals surface area contributed by atoms with Gasteiger partial charge in [-0.2, -0.15) is 5.10 Å². The molecule has 0 aliphatic heterocycles. The summed E-state index contributed by atoms with van der Waals surface area (Å²) in [4.78, 5) is 11.2. The van der Waals surface area contributed by atoms with E-state index in [2.05, 4.69) is 17.3 Å². The van der Waals surface area contributed by atoms with E-state index in [-0.39, 0.29) is 5.91 Å². The van der Waals surface area contributed by atoms with E-state index in [0.29, 0.717) is 6.54 Å². The van der Waals surface area contributed by atoms with Crippen molar-refractivity contribution in [3.05, 3.63) is 17.0 Å². The van der Waals surface area contributed by atoms with E-state index >= 15 is 0 Å². The van der Waals surface area contributed by atoms with Crippen LogP contribution in [0.3, 0.4) is 0 Å². The average Bonchev–Trinajstić information content (AvgIpc) is 2.49. The molecule has 1 amide bonds. The monoisotopic (exact) mass is 238 g/mol. The van der Waals surface area contributed by atoms with Crippen LogP contribution in [0.1, 0.15) is 30.3 Å². The Morgan fingerprint density at radius 3 is 2.65 bits per heavy atom. The van der Waals surface area contributed by atoms with Crippen molar-refractivity contribution in [3.63, 3.8) is 0 Å². The Balaban J connectivity index is 2.39. The first kappa shape index (κ1) is 13.7. The fourth-order valence-corrected chi connectivity index (χ4v) is 1.82. The Hall–Kier alpha value is -1.36. The molecule has 5 heteroatoms. The van der Waals surface area contributed by atoms with Crippen LogP contribution in [0.25, 0.3) is 0 Å². The molecule has 96 valence electrons. The molecule has 3 N–H and O–H groups in total. The number of rotatable bonds is 5. The zero-order valence-electron chi connectivity index (χ0n) is 11.1. The smallest absolute Gasteiger partial charge is 0.236 e. The maximum Gasteiger partial charge on any atom is 0.236 e. The van der Waals surface area contributed by atoms with Gasteiger partial charge < -0.3 is 11.1 Å². The minimum atomic E-state index is -0.433. The number of hydrogen-bond donors (Lipinski definition) is 2. The largest absolute Gasteiger partial charge is 0.355 e. The normalized spacial score (nSPS) is 12.5. The number of carbonyl (C=O) groups is 1. The molecule has 1 unspecified atom stereocenters. The average molecular weight is 238 g/mol. The zero-order valence-corrected chi connectivity index (χ0v) is 11.1. The molecular weight excluding hydrogens is 216 g/mol. The van der Waals surface area contributed by atoms with Gasteiger partial charge in [0.05, 0.1) is 11.7 Å². The first-order valence-electron chi connectivity index (χ1n) is 5.96. The number of aryl methyl sites for hydroxylation is 2. The second-order valence-corrected chi connectivity index (χ2v) is 4.46. The highest BCUT2D eigenvalue weighted by atomic mass is 16.2. The predicted molar refractivity (Wildman–Crippen MR) is 67.7 cm³/mol. The lowest BCUT2D eigenvalue weighted by Gasteiger charge is -2.07. The van der Waals surface area contributed by atoms with E-state index in [1.807, 2.05) is 18.7 Å². The number of nitrogens with one attached hydrogen (secondary N) is 1. The molecule has 0 radical (unpaired) electrons. The molecule has 0 saturated carbocycles. The fraction of sp³-hybridized carbons (Fsp3) is 0.667. The molecule has 17 heavy (non-hydrogen) atoms. The van der Waals surface area contributed by atoms with E-state index in [1.54, 1.807) is 6.92 Å². The van der Waals surface area contributed by atoms with E-state index in [9.17, 15) is 4.79 Å². The summed E-state index contributed by atoms with van der Waals surface area (Å²) in [5, 5.41) is 7.17. The minimum absolute atomic E-state index is 0.0929. The number of nitrogens with zero attached hydrogens (tertiary/aromatic N) is 2. The van der Waals surface area contributed by atoms with Crippen LogP contribution in [-0.4, -0.2) is 28.3 Å². The third kappa shape index (κ3) is 3.56. The predicted octanol–water partition coefficient (Wildman–Crippen LogP) is 0.433. The van der Waals surface area contributed by atoms with E-state index < -0.39 is 6.04 Å². The van der Waals surface area contributed by atoms with Crippen molar-refractivity contribution in [2.24, 2.45) is 12.8 Å². The quantitative estimate of drug-likeness (QED) is 0.731. The van der Waals surface area contributed by atoms with Crippen LogP contribution in [0, 0.1) is 13.8 Å². The standard InChI is InChI=1S/C12H22N4O/c1-8(13)12(17)14-7-5-6-11-9(2)15-16(4)10(11)3/h8H,5-7,13H2,1-4H3,(H,14,17). The summed E-state index contributed by atoms with van der Waals surface area (Å²) in [7, 11) is 1.95. The summed E-state index contributed by atoms with van der Waals surface area (Å²) in [5.41, 5.74) is 9.00. The van der Waals surface area contributed by atoms with Crippen molar-refractivity contribution < 1.29 is 4.79 Å². The van der Waals surface area contributed by atoms with Crippen molar-refractivity contribution in [3.8, 4) is 0 Å². The number of carbonyl (C=O) groups excluding carboxylic acids is 1. The van der Waals surface area contributed by atoms with E-state index in [4.69, 9.17) is 5.73 Å². The van der Waals surface area contributed by atoms with Gasteiger partial charge in [-0.1, -0.05) is 0 Å². The van der Waals surface area contributed by atoms with Gasteiger partial charge in [-0.15, -0.1) is 0 Å². The van der Waals surface area contributed by atoms with Crippen LogP contribution in [-0.2, 0) is 18.3 Å². The Labute approximate surface area is 102 Å². The third-order valence-corrected chi connectivity index (χ3v) is 2.98. The lowest BCUT2D eigenvalue weighted by atomic mass is 10.1. The molecule has 0 aromatic carbocycles. The molecule has 1 heterocycles. The second-order valence-electron chi connectivity index (χ2n) is 4.46. The highest BCUT2D eigenvalue weighted by Gasteiger charge is 2.09. The Bertz CT molecular complexity index is 395. The van der Waals surface area contributed by atoms with Crippen LogP contribution in [0.5, 0.6) is 0 Å². The molecule has 1 aromatic rings. The molecular formula is C12H22N4O. The van der Waals surface area contributed by atoms with Gasteiger partial charge in [0, 0.05) is 19.3 Å². The van der Waals surface area contributed by atoms with Gasteiger partial charge in [0.25, 0.3) is 0 Å². The van der Waals surface area contributed by atoms with Gasteiger partial charge in [0.15, 0.2) is 0 Å². The maximum atomic E-state index is 11.2. The van der Waals surface area contributed by atoms with Gasteiger partial charge in [-0.25, -0.2) is 0 Å². The number of hydrogen-bond acceptors (Lipinski definition) is 3. The lowest BCUT2D eigenvalue weighted by Crippen LogP contribution is -2.38. The van der Waals surface area contributed by atoms with Crippen LogP contribution in [0.15, 0.2) is 0 Å². The van der Waals surface area contributed by atoms with Gasteiger partial charge in [-0.3, -0.25) is 9.48 Å². The molecule has 1 aromatic heterocycles. The van der Waals surface area contributed by atoms with Crippen molar-refractivity contribution >= 4 is 5.91 Å². The Morgan fingerprint density at radius 1 is 1.53 bits per heavy atom. The summed E-state index contributed by atoms with van der Waals surface area (Å²) in [5.74, 6) is -0.0929. The Morgan fingerprint density at radius 2 is 2.18 bits per heavy atom. The Kier molecular flexibility index (Phi) is 4.69. The molecule has 0 spiro atoms. The molecule has 0 saturated heterocycles. The SMILES string of the molecule is Cc1nn(C)c(C)c1CCCNC(=O)C(C)N. The maximum absolute atomic E-state index is 11.2. The first-order valence-corrected chi connectivity index (χ1v) is 5.96. The molecule has 5 nitrogen and oxygen atoms in total. The van der Waals surface area contributed by atoms with Crippen molar-refractivity contribution in [2.75, 3.05) is 6.54 Å². The highest BCUT2D eigenvalue weighted by molar-refractivity contribution is 5.80. The van der Waals surface area contributed by atoms with Crippen molar-refractivity contribution in [1.82, 2.24) is 15.1 Å². The van der Waals surface area contributed by atoms with Crippen LogP contribution in [0.4, 0.5) is 0 Å². The van der Waals surface area contributed by atoms with E-state index in [1.165, 1.54) is 11.3 Å². The minimum Gasteiger partial charge on any atom is -0.355 e. The summed E-state index contributed by atoms with van der Waals surface area (Å²) in [6.45, 7) is 6.43. The van der Waals surface area contributed by atoms with E-state index in [0.717, 1.165) is 18.5 Å². The molecule has 0 aliphatic rings. The molecule has 0 fully saturated rings. The lowest BCUT2D eigenvalue weighted by molar-refractivity contribution is -0.121. The summed E-state index contributed by atoms with van der Waals surface area (Å²) in [6.07, 6.45) is 1.84. The molecule has 0 aliphatic carbocycles. The van der Waals surface area contributed by atoms with Crippen LogP contribution in [0.2, 0.25) is 0 Å².